The number of halogens is 1. The molecule has 0 radical (unpaired) electrons. The Hall–Kier alpha value is -1.11. The zero-order valence-corrected chi connectivity index (χ0v) is 13.1. The Morgan fingerprint density at radius 2 is 1.71 bits per heavy atom. The van der Waals surface area contributed by atoms with Gasteiger partial charge in [0, 0.05) is 26.2 Å². The van der Waals surface area contributed by atoms with Crippen molar-refractivity contribution in [2.24, 2.45) is 0 Å². The molecule has 0 N–H and O–H groups in total. The van der Waals surface area contributed by atoms with Gasteiger partial charge in [-0.2, -0.15) is 4.31 Å². The van der Waals surface area contributed by atoms with Crippen LogP contribution in [-0.2, 0) is 10.0 Å². The van der Waals surface area contributed by atoms with Crippen LogP contribution in [0.1, 0.15) is 23.2 Å². The first-order valence-electron chi connectivity index (χ1n) is 7.03. The molecule has 1 amide bonds. The highest BCUT2D eigenvalue weighted by atomic mass is 35.5. The Morgan fingerprint density at radius 1 is 1.10 bits per heavy atom. The van der Waals surface area contributed by atoms with Crippen molar-refractivity contribution >= 4 is 27.5 Å². The first kappa shape index (κ1) is 14.8. The van der Waals surface area contributed by atoms with Gasteiger partial charge in [-0.15, -0.1) is 0 Å². The second-order valence-electron chi connectivity index (χ2n) is 5.42. The fourth-order valence-electron chi connectivity index (χ4n) is 2.53. The van der Waals surface area contributed by atoms with E-state index in [0.717, 1.165) is 12.8 Å². The van der Waals surface area contributed by atoms with Gasteiger partial charge in [-0.3, -0.25) is 4.79 Å². The van der Waals surface area contributed by atoms with Crippen molar-refractivity contribution in [3.8, 4) is 0 Å². The molecule has 1 heterocycles. The quantitative estimate of drug-likeness (QED) is 0.846. The molecule has 0 bridgehead atoms. The lowest BCUT2D eigenvalue weighted by Crippen LogP contribution is -2.51. The van der Waals surface area contributed by atoms with Crippen LogP contribution in [0.3, 0.4) is 0 Å². The third-order valence-electron chi connectivity index (χ3n) is 3.94. The molecular formula is C14H17ClN2O3S. The highest BCUT2D eigenvalue weighted by Gasteiger charge is 2.41. The summed E-state index contributed by atoms with van der Waals surface area (Å²) in [5.74, 6) is -0.135. The predicted octanol–water partition coefficient (Wildman–Crippen LogP) is 1.59. The predicted molar refractivity (Wildman–Crippen MR) is 80.9 cm³/mol. The Balaban J connectivity index is 1.66. The van der Waals surface area contributed by atoms with Gasteiger partial charge in [0.1, 0.15) is 0 Å². The third kappa shape index (κ3) is 2.93. The third-order valence-corrected chi connectivity index (χ3v) is 6.66. The average Bonchev–Trinajstić information content (AvgIpc) is 3.32. The number of carbonyl (C=O) groups excluding carboxylic acids is 1. The molecule has 1 saturated carbocycles. The van der Waals surface area contributed by atoms with Crippen molar-refractivity contribution < 1.29 is 13.2 Å². The number of piperazine rings is 1. The van der Waals surface area contributed by atoms with Crippen LogP contribution in [-0.4, -0.2) is 55.0 Å². The zero-order valence-electron chi connectivity index (χ0n) is 11.5. The standard InChI is InChI=1S/C14H17ClN2O3S/c15-13-4-2-1-3-12(13)14(18)16-7-9-17(10-8-16)21(19,20)11-5-6-11/h1-4,11H,5-10H2. The first-order valence-corrected chi connectivity index (χ1v) is 8.91. The van der Waals surface area contributed by atoms with Gasteiger partial charge >= 0.3 is 0 Å². The molecule has 0 unspecified atom stereocenters. The highest BCUT2D eigenvalue weighted by molar-refractivity contribution is 7.90. The van der Waals surface area contributed by atoms with Crippen LogP contribution in [0.25, 0.3) is 0 Å². The van der Waals surface area contributed by atoms with E-state index in [1.54, 1.807) is 29.2 Å². The molecule has 1 aliphatic carbocycles. The molecule has 2 fully saturated rings. The van der Waals surface area contributed by atoms with Gasteiger partial charge in [0.05, 0.1) is 15.8 Å². The van der Waals surface area contributed by atoms with E-state index >= 15 is 0 Å². The maximum absolute atomic E-state index is 12.4. The molecule has 0 spiro atoms. The van der Waals surface area contributed by atoms with Crippen molar-refractivity contribution in [2.45, 2.75) is 18.1 Å². The molecule has 2 aliphatic rings. The molecule has 1 saturated heterocycles. The monoisotopic (exact) mass is 328 g/mol. The van der Waals surface area contributed by atoms with E-state index in [1.165, 1.54) is 4.31 Å². The normalized spacial score (nSPS) is 20.5. The second kappa shape index (κ2) is 5.59. The van der Waals surface area contributed by atoms with Crippen LogP contribution in [0.2, 0.25) is 5.02 Å². The number of nitrogens with zero attached hydrogens (tertiary/aromatic N) is 2. The molecule has 1 aromatic rings. The van der Waals surface area contributed by atoms with E-state index in [1.807, 2.05) is 0 Å². The average molecular weight is 329 g/mol. The number of amides is 1. The van der Waals surface area contributed by atoms with Crippen LogP contribution in [0.4, 0.5) is 0 Å². The van der Waals surface area contributed by atoms with Crippen LogP contribution >= 0.6 is 11.6 Å². The van der Waals surface area contributed by atoms with Gasteiger partial charge < -0.3 is 4.90 Å². The summed E-state index contributed by atoms with van der Waals surface area (Å²) in [5.41, 5.74) is 0.470. The van der Waals surface area contributed by atoms with E-state index in [0.29, 0.717) is 36.8 Å². The summed E-state index contributed by atoms with van der Waals surface area (Å²) >= 11 is 6.04. The molecule has 21 heavy (non-hydrogen) atoms. The molecule has 114 valence electrons. The lowest BCUT2D eigenvalue weighted by Gasteiger charge is -2.34. The van der Waals surface area contributed by atoms with Gasteiger partial charge in [0.25, 0.3) is 5.91 Å². The summed E-state index contributed by atoms with van der Waals surface area (Å²) in [5, 5.41) is 0.235. The van der Waals surface area contributed by atoms with Crippen LogP contribution < -0.4 is 0 Å². The smallest absolute Gasteiger partial charge is 0.255 e. The fraction of sp³-hybridized carbons (Fsp3) is 0.500. The van der Waals surface area contributed by atoms with Crippen LogP contribution in [0.5, 0.6) is 0 Å². The van der Waals surface area contributed by atoms with Crippen LogP contribution in [0.15, 0.2) is 24.3 Å². The highest BCUT2D eigenvalue weighted by Crippen LogP contribution is 2.31. The Labute approximate surface area is 129 Å². The number of hydrogen-bond donors (Lipinski definition) is 0. The molecule has 1 aliphatic heterocycles. The van der Waals surface area contributed by atoms with E-state index in [4.69, 9.17) is 11.6 Å². The lowest BCUT2D eigenvalue weighted by molar-refractivity contribution is 0.0698. The summed E-state index contributed by atoms with van der Waals surface area (Å²) in [6, 6.07) is 6.92. The number of rotatable bonds is 3. The summed E-state index contributed by atoms with van der Waals surface area (Å²) < 4.78 is 25.8. The summed E-state index contributed by atoms with van der Waals surface area (Å²) in [7, 11) is -3.14. The van der Waals surface area contributed by atoms with Gasteiger partial charge in [-0.05, 0) is 25.0 Å². The molecule has 7 heteroatoms. The van der Waals surface area contributed by atoms with Gasteiger partial charge in [-0.1, -0.05) is 23.7 Å². The minimum atomic E-state index is -3.14. The largest absolute Gasteiger partial charge is 0.336 e. The van der Waals surface area contributed by atoms with Gasteiger partial charge in [0.15, 0.2) is 0 Å². The van der Waals surface area contributed by atoms with Crippen molar-refractivity contribution in [2.75, 3.05) is 26.2 Å². The van der Waals surface area contributed by atoms with Crippen molar-refractivity contribution in [3.63, 3.8) is 0 Å². The fourth-order valence-corrected chi connectivity index (χ4v) is 4.57. The van der Waals surface area contributed by atoms with Crippen molar-refractivity contribution in [3.05, 3.63) is 34.9 Å². The SMILES string of the molecule is O=C(c1ccccc1Cl)N1CCN(S(=O)(=O)C2CC2)CC1. The summed E-state index contributed by atoms with van der Waals surface area (Å²) in [6.45, 7) is 1.57. The summed E-state index contributed by atoms with van der Waals surface area (Å²) in [6.07, 6.45) is 1.53. The maximum Gasteiger partial charge on any atom is 0.255 e. The van der Waals surface area contributed by atoms with E-state index in [2.05, 4.69) is 0 Å². The number of benzene rings is 1. The van der Waals surface area contributed by atoms with Crippen LogP contribution in [0, 0.1) is 0 Å². The van der Waals surface area contributed by atoms with Gasteiger partial charge in [-0.25, -0.2) is 8.42 Å². The van der Waals surface area contributed by atoms with E-state index < -0.39 is 10.0 Å². The maximum atomic E-state index is 12.4. The lowest BCUT2D eigenvalue weighted by atomic mass is 10.2. The minimum Gasteiger partial charge on any atom is -0.336 e. The number of hydrogen-bond acceptors (Lipinski definition) is 3. The molecule has 3 rings (SSSR count). The second-order valence-corrected chi connectivity index (χ2v) is 8.04. The molecule has 0 atom stereocenters. The Kier molecular flexibility index (Phi) is 3.94. The molecule has 5 nitrogen and oxygen atoms in total. The van der Waals surface area contributed by atoms with E-state index in [9.17, 15) is 13.2 Å². The molecule has 0 aromatic heterocycles. The number of sulfonamides is 1. The summed E-state index contributed by atoms with van der Waals surface area (Å²) in [4.78, 5) is 14.1. The van der Waals surface area contributed by atoms with Gasteiger partial charge in [0.2, 0.25) is 10.0 Å². The topological polar surface area (TPSA) is 57.7 Å². The molecule has 1 aromatic carbocycles. The van der Waals surface area contributed by atoms with E-state index in [-0.39, 0.29) is 11.2 Å². The zero-order chi connectivity index (χ0) is 15.0. The van der Waals surface area contributed by atoms with Crippen molar-refractivity contribution in [1.29, 1.82) is 0 Å². The Morgan fingerprint density at radius 3 is 2.29 bits per heavy atom. The first-order chi connectivity index (χ1) is 10.00. The molecular weight excluding hydrogens is 312 g/mol. The Bertz CT molecular complexity index is 650. The van der Waals surface area contributed by atoms with Crippen molar-refractivity contribution in [1.82, 2.24) is 9.21 Å². The minimum absolute atomic E-state index is 0.135. The number of carbonyl (C=O) groups is 1.